The second-order valence-corrected chi connectivity index (χ2v) is 4.79. The van der Waals surface area contributed by atoms with E-state index >= 15 is 0 Å². The normalized spacial score (nSPS) is 34.5. The van der Waals surface area contributed by atoms with Crippen LogP contribution in [0.3, 0.4) is 0 Å². The van der Waals surface area contributed by atoms with Gasteiger partial charge in [0.2, 0.25) is 0 Å². The van der Waals surface area contributed by atoms with E-state index in [9.17, 15) is 4.79 Å². The van der Waals surface area contributed by atoms with E-state index in [2.05, 4.69) is 13.8 Å². The van der Waals surface area contributed by atoms with Gasteiger partial charge < -0.3 is 0 Å². The SMILES string of the molecule is CC1CCC(C)C(C(=O)CCCl)C1. The second-order valence-electron chi connectivity index (χ2n) is 4.41. The Morgan fingerprint density at radius 2 is 2.08 bits per heavy atom. The van der Waals surface area contributed by atoms with Crippen molar-refractivity contribution in [2.75, 3.05) is 5.88 Å². The molecule has 1 nitrogen and oxygen atoms in total. The fraction of sp³-hybridized carbons (Fsp3) is 0.909. The summed E-state index contributed by atoms with van der Waals surface area (Å²) in [4.78, 5) is 11.7. The van der Waals surface area contributed by atoms with E-state index in [-0.39, 0.29) is 0 Å². The van der Waals surface area contributed by atoms with Crippen LogP contribution in [0.5, 0.6) is 0 Å². The number of carbonyl (C=O) groups is 1. The molecule has 13 heavy (non-hydrogen) atoms. The first-order valence-corrected chi connectivity index (χ1v) is 5.77. The molecule has 0 aromatic heterocycles. The van der Waals surface area contributed by atoms with Gasteiger partial charge in [0, 0.05) is 18.2 Å². The first-order chi connectivity index (χ1) is 6.15. The Hall–Kier alpha value is -0.0400. The molecule has 2 heteroatoms. The van der Waals surface area contributed by atoms with Gasteiger partial charge in [-0.25, -0.2) is 0 Å². The van der Waals surface area contributed by atoms with E-state index < -0.39 is 0 Å². The van der Waals surface area contributed by atoms with Crippen LogP contribution < -0.4 is 0 Å². The summed E-state index contributed by atoms with van der Waals surface area (Å²) in [6, 6.07) is 0. The van der Waals surface area contributed by atoms with E-state index in [0.29, 0.717) is 29.9 Å². The van der Waals surface area contributed by atoms with Crippen LogP contribution in [0, 0.1) is 17.8 Å². The Kier molecular flexibility index (Phi) is 4.24. The lowest BCUT2D eigenvalue weighted by Crippen LogP contribution is -2.28. The maximum atomic E-state index is 11.7. The third kappa shape index (κ3) is 2.98. The molecule has 0 aromatic carbocycles. The Morgan fingerprint density at radius 3 is 2.69 bits per heavy atom. The zero-order valence-electron chi connectivity index (χ0n) is 8.55. The van der Waals surface area contributed by atoms with Crippen LogP contribution in [0.25, 0.3) is 0 Å². The molecule has 0 spiro atoms. The lowest BCUT2D eigenvalue weighted by molar-refractivity contribution is -0.125. The molecule has 0 saturated heterocycles. The molecule has 1 rings (SSSR count). The molecule has 1 aliphatic rings. The van der Waals surface area contributed by atoms with Gasteiger partial charge in [-0.2, -0.15) is 0 Å². The summed E-state index contributed by atoms with van der Waals surface area (Å²) in [7, 11) is 0. The standard InChI is InChI=1S/C11H19ClO/c1-8-3-4-9(2)10(7-8)11(13)5-6-12/h8-10H,3-7H2,1-2H3. The zero-order chi connectivity index (χ0) is 9.84. The van der Waals surface area contributed by atoms with Crippen molar-refractivity contribution in [3.05, 3.63) is 0 Å². The van der Waals surface area contributed by atoms with Crippen LogP contribution in [-0.4, -0.2) is 11.7 Å². The third-order valence-electron chi connectivity index (χ3n) is 3.21. The average Bonchev–Trinajstić information content (AvgIpc) is 2.09. The Morgan fingerprint density at radius 1 is 1.38 bits per heavy atom. The topological polar surface area (TPSA) is 17.1 Å². The molecular formula is C11H19ClO. The summed E-state index contributed by atoms with van der Waals surface area (Å²) in [6.07, 6.45) is 4.13. The van der Waals surface area contributed by atoms with Crippen LogP contribution in [0.15, 0.2) is 0 Å². The second kappa shape index (κ2) is 4.99. The highest BCUT2D eigenvalue weighted by molar-refractivity contribution is 6.19. The van der Waals surface area contributed by atoms with Gasteiger partial charge in [0.1, 0.15) is 5.78 Å². The van der Waals surface area contributed by atoms with E-state index in [1.807, 2.05) is 0 Å². The minimum Gasteiger partial charge on any atom is -0.299 e. The van der Waals surface area contributed by atoms with Crippen molar-refractivity contribution in [2.24, 2.45) is 17.8 Å². The molecule has 0 amide bonds. The third-order valence-corrected chi connectivity index (χ3v) is 3.40. The largest absolute Gasteiger partial charge is 0.299 e. The molecule has 0 N–H and O–H groups in total. The van der Waals surface area contributed by atoms with Gasteiger partial charge in [0.15, 0.2) is 0 Å². The highest BCUT2D eigenvalue weighted by Gasteiger charge is 2.29. The van der Waals surface area contributed by atoms with Crippen LogP contribution in [-0.2, 0) is 4.79 Å². The van der Waals surface area contributed by atoms with Crippen molar-refractivity contribution in [1.29, 1.82) is 0 Å². The summed E-state index contributed by atoms with van der Waals surface area (Å²) < 4.78 is 0. The fourth-order valence-corrected chi connectivity index (χ4v) is 2.45. The maximum Gasteiger partial charge on any atom is 0.137 e. The van der Waals surface area contributed by atoms with Gasteiger partial charge in [0.25, 0.3) is 0 Å². The number of hydrogen-bond donors (Lipinski definition) is 0. The maximum absolute atomic E-state index is 11.7. The molecule has 0 aliphatic heterocycles. The summed E-state index contributed by atoms with van der Waals surface area (Å²) >= 11 is 5.58. The lowest BCUT2D eigenvalue weighted by Gasteiger charge is -2.31. The number of alkyl halides is 1. The molecule has 1 saturated carbocycles. The Bertz CT molecular complexity index is 179. The number of rotatable bonds is 3. The predicted octanol–water partition coefficient (Wildman–Crippen LogP) is 3.26. The predicted molar refractivity (Wildman–Crippen MR) is 56.0 cm³/mol. The minimum absolute atomic E-state index is 0.294. The van der Waals surface area contributed by atoms with Gasteiger partial charge in [-0.3, -0.25) is 4.79 Å². The van der Waals surface area contributed by atoms with Crippen molar-refractivity contribution in [1.82, 2.24) is 0 Å². The average molecular weight is 203 g/mol. The molecule has 0 radical (unpaired) electrons. The summed E-state index contributed by atoms with van der Waals surface area (Å²) in [5, 5.41) is 0. The van der Waals surface area contributed by atoms with Gasteiger partial charge >= 0.3 is 0 Å². The van der Waals surface area contributed by atoms with Crippen molar-refractivity contribution in [2.45, 2.75) is 39.5 Å². The van der Waals surface area contributed by atoms with Crippen LogP contribution in [0.4, 0.5) is 0 Å². The van der Waals surface area contributed by atoms with E-state index in [1.165, 1.54) is 12.8 Å². The number of Topliss-reactive ketones (excluding diaryl/α,β-unsaturated/α-hetero) is 1. The molecular weight excluding hydrogens is 184 g/mol. The van der Waals surface area contributed by atoms with Crippen LogP contribution >= 0.6 is 11.6 Å². The zero-order valence-corrected chi connectivity index (χ0v) is 9.31. The molecule has 1 fully saturated rings. The quantitative estimate of drug-likeness (QED) is 0.643. The number of ketones is 1. The molecule has 3 unspecified atom stereocenters. The van der Waals surface area contributed by atoms with Gasteiger partial charge in [-0.1, -0.05) is 20.3 Å². The van der Waals surface area contributed by atoms with E-state index in [4.69, 9.17) is 11.6 Å². The summed E-state index contributed by atoms with van der Waals surface area (Å²) in [5.74, 6) is 2.46. The molecule has 0 aromatic rings. The summed E-state index contributed by atoms with van der Waals surface area (Å²) in [5.41, 5.74) is 0. The van der Waals surface area contributed by atoms with Crippen LogP contribution in [0.2, 0.25) is 0 Å². The highest BCUT2D eigenvalue weighted by atomic mass is 35.5. The van der Waals surface area contributed by atoms with Gasteiger partial charge in [0.05, 0.1) is 0 Å². The smallest absolute Gasteiger partial charge is 0.137 e. The van der Waals surface area contributed by atoms with E-state index in [1.54, 1.807) is 0 Å². The minimum atomic E-state index is 0.294. The highest BCUT2D eigenvalue weighted by Crippen LogP contribution is 2.34. The van der Waals surface area contributed by atoms with Crippen molar-refractivity contribution in [3.8, 4) is 0 Å². The van der Waals surface area contributed by atoms with Gasteiger partial charge in [-0.15, -0.1) is 11.6 Å². The van der Waals surface area contributed by atoms with Gasteiger partial charge in [-0.05, 0) is 24.7 Å². The molecule has 76 valence electrons. The first kappa shape index (κ1) is 11.0. The van der Waals surface area contributed by atoms with Crippen molar-refractivity contribution in [3.63, 3.8) is 0 Å². The number of hydrogen-bond acceptors (Lipinski definition) is 1. The summed E-state index contributed by atoms with van der Waals surface area (Å²) in [6.45, 7) is 4.44. The number of carbonyl (C=O) groups excluding carboxylic acids is 1. The molecule has 3 atom stereocenters. The van der Waals surface area contributed by atoms with Crippen molar-refractivity contribution < 1.29 is 4.79 Å². The first-order valence-electron chi connectivity index (χ1n) is 5.23. The van der Waals surface area contributed by atoms with Crippen LogP contribution in [0.1, 0.15) is 39.5 Å². The Balaban J connectivity index is 2.50. The number of halogens is 1. The monoisotopic (exact) mass is 202 g/mol. The van der Waals surface area contributed by atoms with E-state index in [0.717, 1.165) is 12.3 Å². The Labute approximate surface area is 85.8 Å². The lowest BCUT2D eigenvalue weighted by atomic mass is 9.73. The molecule has 0 bridgehead atoms. The molecule has 0 heterocycles. The molecule has 1 aliphatic carbocycles. The van der Waals surface area contributed by atoms with Crippen molar-refractivity contribution >= 4 is 17.4 Å². The fourth-order valence-electron chi connectivity index (χ4n) is 2.26.